The smallest absolute Gasteiger partial charge is 0.175 e. The number of hydrogen-bond acceptors (Lipinski definition) is 1. The molecule has 0 aliphatic rings. The van der Waals surface area contributed by atoms with Gasteiger partial charge in [-0.15, -0.1) is 0 Å². The van der Waals surface area contributed by atoms with E-state index in [1.165, 1.54) is 12.1 Å². The highest BCUT2D eigenvalue weighted by Gasteiger charge is 2.03. The predicted octanol–water partition coefficient (Wildman–Crippen LogP) is 5.08. The lowest BCUT2D eigenvalue weighted by Crippen LogP contribution is -2.19. The van der Waals surface area contributed by atoms with Crippen molar-refractivity contribution in [2.45, 2.75) is 0 Å². The lowest BCUT2D eigenvalue weighted by atomic mass is 10.3. The van der Waals surface area contributed by atoms with Gasteiger partial charge >= 0.3 is 0 Å². The number of nitrogens with zero attached hydrogens (tertiary/aromatic N) is 1. The Morgan fingerprint density at radius 1 is 0.957 bits per heavy atom. The summed E-state index contributed by atoms with van der Waals surface area (Å²) in [6, 6.07) is 16.1. The molecule has 3 nitrogen and oxygen atoms in total. The average molecular weight is 346 g/mol. The molecular weight excluding hydrogens is 333 g/mol. The second-order valence-electron chi connectivity index (χ2n) is 4.85. The molecule has 1 aromatic heterocycles. The van der Waals surface area contributed by atoms with Crippen LogP contribution in [-0.4, -0.2) is 9.68 Å². The molecule has 2 aromatic carbocycles. The van der Waals surface area contributed by atoms with Crippen LogP contribution in [0.25, 0.3) is 5.69 Å². The quantitative estimate of drug-likeness (QED) is 0.649. The van der Waals surface area contributed by atoms with Crippen molar-refractivity contribution >= 4 is 40.3 Å². The summed E-state index contributed by atoms with van der Waals surface area (Å²) in [6.45, 7) is 0. The van der Waals surface area contributed by atoms with Crippen molar-refractivity contribution < 1.29 is 4.39 Å². The Kier molecular flexibility index (Phi) is 4.60. The summed E-state index contributed by atoms with van der Waals surface area (Å²) >= 11 is 11.0. The molecule has 2 N–H and O–H groups in total. The maximum Gasteiger partial charge on any atom is 0.175 e. The van der Waals surface area contributed by atoms with Crippen LogP contribution in [0.2, 0.25) is 5.02 Å². The fourth-order valence-corrected chi connectivity index (χ4v) is 2.51. The van der Waals surface area contributed by atoms with Crippen molar-refractivity contribution in [1.82, 2.24) is 4.57 Å². The normalized spacial score (nSPS) is 10.3. The number of thiocarbonyl (C=S) groups is 1. The maximum atomic E-state index is 13.1. The predicted molar refractivity (Wildman–Crippen MR) is 97.0 cm³/mol. The van der Waals surface area contributed by atoms with E-state index in [2.05, 4.69) is 10.6 Å². The van der Waals surface area contributed by atoms with E-state index in [4.69, 9.17) is 23.8 Å². The van der Waals surface area contributed by atoms with Gasteiger partial charge in [0, 0.05) is 29.5 Å². The highest BCUT2D eigenvalue weighted by atomic mass is 35.5. The van der Waals surface area contributed by atoms with E-state index in [1.807, 2.05) is 53.4 Å². The van der Waals surface area contributed by atoms with Gasteiger partial charge in [-0.2, -0.15) is 0 Å². The van der Waals surface area contributed by atoms with E-state index in [9.17, 15) is 4.39 Å². The number of hydrogen-bond donors (Lipinski definition) is 2. The van der Waals surface area contributed by atoms with Crippen LogP contribution in [0, 0.1) is 5.82 Å². The fraction of sp³-hybridized carbons (Fsp3) is 0. The Morgan fingerprint density at radius 3 is 2.22 bits per heavy atom. The van der Waals surface area contributed by atoms with Gasteiger partial charge in [0.05, 0.1) is 5.02 Å². The molecule has 6 heteroatoms. The molecule has 3 aromatic rings. The monoisotopic (exact) mass is 345 g/mol. The molecule has 116 valence electrons. The molecule has 23 heavy (non-hydrogen) atoms. The lowest BCUT2D eigenvalue weighted by Gasteiger charge is -2.11. The molecule has 0 spiro atoms. The summed E-state index contributed by atoms with van der Waals surface area (Å²) < 4.78 is 15.1. The fourth-order valence-electron chi connectivity index (χ4n) is 2.09. The van der Waals surface area contributed by atoms with Crippen LogP contribution >= 0.6 is 23.8 Å². The standard InChI is InChI=1S/C17H13ClFN3S/c18-15-11-13(5-8-16(15)19)21-17(23)20-12-3-6-14(7-4-12)22-9-1-2-10-22/h1-11H,(H2,20,21,23). The third-order valence-electron chi connectivity index (χ3n) is 3.21. The van der Waals surface area contributed by atoms with E-state index in [0.29, 0.717) is 10.8 Å². The van der Waals surface area contributed by atoms with Crippen LogP contribution < -0.4 is 10.6 Å². The molecule has 0 atom stereocenters. The lowest BCUT2D eigenvalue weighted by molar-refractivity contribution is 0.628. The number of benzene rings is 2. The first kappa shape index (κ1) is 15.5. The molecule has 0 radical (unpaired) electrons. The summed E-state index contributed by atoms with van der Waals surface area (Å²) in [5.41, 5.74) is 2.54. The van der Waals surface area contributed by atoms with Gasteiger partial charge in [0.25, 0.3) is 0 Å². The largest absolute Gasteiger partial charge is 0.332 e. The first-order valence-corrected chi connectivity index (χ1v) is 7.67. The highest BCUT2D eigenvalue weighted by Crippen LogP contribution is 2.20. The van der Waals surface area contributed by atoms with E-state index in [-0.39, 0.29) is 5.02 Å². The van der Waals surface area contributed by atoms with Gasteiger partial charge in [0.1, 0.15) is 5.82 Å². The van der Waals surface area contributed by atoms with Gasteiger partial charge < -0.3 is 15.2 Å². The second-order valence-corrected chi connectivity index (χ2v) is 5.66. The Hall–Kier alpha value is -2.37. The van der Waals surface area contributed by atoms with Crippen LogP contribution in [-0.2, 0) is 0 Å². The van der Waals surface area contributed by atoms with Crippen molar-refractivity contribution in [3.63, 3.8) is 0 Å². The van der Waals surface area contributed by atoms with Gasteiger partial charge in [0.2, 0.25) is 0 Å². The number of rotatable bonds is 3. The molecule has 0 amide bonds. The molecule has 0 saturated carbocycles. The summed E-state index contributed by atoms with van der Waals surface area (Å²) in [6.07, 6.45) is 3.96. The highest BCUT2D eigenvalue weighted by molar-refractivity contribution is 7.80. The topological polar surface area (TPSA) is 29.0 Å². The van der Waals surface area contributed by atoms with Crippen molar-refractivity contribution in [3.05, 3.63) is 77.8 Å². The minimum Gasteiger partial charge on any atom is -0.332 e. The van der Waals surface area contributed by atoms with Gasteiger partial charge in [-0.3, -0.25) is 0 Å². The minimum absolute atomic E-state index is 0.0499. The molecule has 0 aliphatic heterocycles. The molecule has 0 bridgehead atoms. The zero-order valence-electron chi connectivity index (χ0n) is 12.0. The minimum atomic E-state index is -0.461. The number of aromatic nitrogens is 1. The Balaban J connectivity index is 1.64. The van der Waals surface area contributed by atoms with Crippen molar-refractivity contribution in [2.24, 2.45) is 0 Å². The van der Waals surface area contributed by atoms with E-state index in [1.54, 1.807) is 6.07 Å². The Labute approximate surface area is 143 Å². The number of nitrogens with one attached hydrogen (secondary N) is 2. The Morgan fingerprint density at radius 2 is 1.57 bits per heavy atom. The molecule has 0 fully saturated rings. The Bertz CT molecular complexity index is 816. The van der Waals surface area contributed by atoms with Crippen molar-refractivity contribution in [2.75, 3.05) is 10.6 Å². The molecule has 0 unspecified atom stereocenters. The van der Waals surface area contributed by atoms with Crippen LogP contribution in [0.3, 0.4) is 0 Å². The van der Waals surface area contributed by atoms with Gasteiger partial charge in [-0.25, -0.2) is 4.39 Å². The zero-order chi connectivity index (χ0) is 16.2. The third-order valence-corrected chi connectivity index (χ3v) is 3.70. The van der Waals surface area contributed by atoms with E-state index < -0.39 is 5.82 Å². The molecular formula is C17H13ClFN3S. The zero-order valence-corrected chi connectivity index (χ0v) is 13.5. The average Bonchev–Trinajstić information content (AvgIpc) is 3.06. The summed E-state index contributed by atoms with van der Waals surface area (Å²) in [4.78, 5) is 0. The van der Waals surface area contributed by atoms with Crippen LogP contribution in [0.5, 0.6) is 0 Å². The van der Waals surface area contributed by atoms with Crippen LogP contribution in [0.1, 0.15) is 0 Å². The number of halogens is 2. The third kappa shape index (κ3) is 3.88. The van der Waals surface area contributed by atoms with Gasteiger partial charge in [-0.1, -0.05) is 11.6 Å². The van der Waals surface area contributed by atoms with Crippen molar-refractivity contribution in [1.29, 1.82) is 0 Å². The van der Waals surface area contributed by atoms with E-state index in [0.717, 1.165) is 11.4 Å². The van der Waals surface area contributed by atoms with Crippen molar-refractivity contribution in [3.8, 4) is 5.69 Å². The van der Waals surface area contributed by atoms with Gasteiger partial charge in [-0.05, 0) is 66.8 Å². The maximum absolute atomic E-state index is 13.1. The molecule has 1 heterocycles. The van der Waals surface area contributed by atoms with Crippen LogP contribution in [0.4, 0.5) is 15.8 Å². The summed E-state index contributed by atoms with van der Waals surface area (Å²) in [5.74, 6) is -0.461. The first-order valence-electron chi connectivity index (χ1n) is 6.88. The molecule has 0 saturated heterocycles. The SMILES string of the molecule is Fc1ccc(NC(=S)Nc2ccc(-n3cccc3)cc2)cc1Cl. The second kappa shape index (κ2) is 6.81. The number of anilines is 2. The van der Waals surface area contributed by atoms with Gasteiger partial charge in [0.15, 0.2) is 5.11 Å². The first-order chi connectivity index (χ1) is 11.1. The summed E-state index contributed by atoms with van der Waals surface area (Å²) in [5, 5.41) is 6.49. The molecule has 0 aliphatic carbocycles. The molecule has 3 rings (SSSR count). The van der Waals surface area contributed by atoms with E-state index >= 15 is 0 Å². The van der Waals surface area contributed by atoms with Crippen LogP contribution in [0.15, 0.2) is 67.0 Å². The summed E-state index contributed by atoms with van der Waals surface area (Å²) in [7, 11) is 0.